The molecule has 1 aliphatic heterocycles. The Kier molecular flexibility index (Phi) is 7.81. The van der Waals surface area contributed by atoms with Crippen molar-refractivity contribution < 1.29 is 9.59 Å². The topological polar surface area (TPSA) is 61.4 Å². The molecule has 2 aromatic rings. The molecule has 4 rings (SSSR count). The number of nitrogens with zero attached hydrogens (tertiary/aromatic N) is 1. The van der Waals surface area contributed by atoms with Gasteiger partial charge in [0.1, 0.15) is 0 Å². The largest absolute Gasteiger partial charge is 0.348 e. The van der Waals surface area contributed by atoms with Crippen molar-refractivity contribution in [3.8, 4) is 0 Å². The molecule has 5 heteroatoms. The zero-order chi connectivity index (χ0) is 23.2. The Labute approximate surface area is 197 Å². The molecule has 1 atom stereocenters. The number of hydrogen-bond acceptors (Lipinski definition) is 3. The summed E-state index contributed by atoms with van der Waals surface area (Å²) in [7, 11) is 0. The summed E-state index contributed by atoms with van der Waals surface area (Å²) in [6, 6.07) is 15.0. The van der Waals surface area contributed by atoms with Crippen molar-refractivity contribution in [2.45, 2.75) is 64.3 Å². The highest BCUT2D eigenvalue weighted by molar-refractivity contribution is 6.05. The first-order chi connectivity index (χ1) is 16.0. The fourth-order valence-corrected chi connectivity index (χ4v) is 5.05. The molecule has 176 valence electrons. The third-order valence-electron chi connectivity index (χ3n) is 7.09. The highest BCUT2D eigenvalue weighted by Crippen LogP contribution is 2.25. The number of amides is 2. The molecule has 1 saturated carbocycles. The highest BCUT2D eigenvalue weighted by atomic mass is 16.2. The third kappa shape index (κ3) is 6.44. The number of likely N-dealkylation sites (tertiary alicyclic amines) is 1. The molecule has 0 radical (unpaired) electrons. The predicted molar refractivity (Wildman–Crippen MR) is 134 cm³/mol. The SMILES string of the molecule is CC(C)c1ccc(NC(=O)c2ccc(C(=O)NC3CCN(CC4CCCCC4)C3)cc2)cc1. The second-order valence-corrected chi connectivity index (χ2v) is 10.0. The van der Waals surface area contributed by atoms with E-state index in [4.69, 9.17) is 0 Å². The lowest BCUT2D eigenvalue weighted by molar-refractivity contribution is 0.0935. The standard InChI is InChI=1S/C28H37N3O2/c1-20(2)22-12-14-25(15-13-22)29-27(32)23-8-10-24(11-9-23)28(33)30-26-16-17-31(19-26)18-21-6-4-3-5-7-21/h8-15,20-21,26H,3-7,16-19H2,1-2H3,(H,29,32)(H,30,33). The van der Waals surface area contributed by atoms with Gasteiger partial charge in [0.25, 0.3) is 11.8 Å². The Morgan fingerprint density at radius 2 is 1.52 bits per heavy atom. The number of carbonyl (C=O) groups is 2. The van der Waals surface area contributed by atoms with E-state index < -0.39 is 0 Å². The Hall–Kier alpha value is -2.66. The van der Waals surface area contributed by atoms with Crippen molar-refractivity contribution in [3.63, 3.8) is 0 Å². The molecule has 2 aromatic carbocycles. The van der Waals surface area contributed by atoms with E-state index in [-0.39, 0.29) is 17.9 Å². The summed E-state index contributed by atoms with van der Waals surface area (Å²) < 4.78 is 0. The molecule has 5 nitrogen and oxygen atoms in total. The molecule has 0 bridgehead atoms. The van der Waals surface area contributed by atoms with Gasteiger partial charge in [-0.05, 0) is 73.1 Å². The van der Waals surface area contributed by atoms with E-state index in [1.54, 1.807) is 24.3 Å². The molecule has 1 saturated heterocycles. The molecule has 0 spiro atoms. The lowest BCUT2D eigenvalue weighted by Crippen LogP contribution is -2.38. The van der Waals surface area contributed by atoms with E-state index in [0.717, 1.165) is 31.1 Å². The minimum Gasteiger partial charge on any atom is -0.348 e. The molecule has 1 heterocycles. The van der Waals surface area contributed by atoms with E-state index in [2.05, 4.69) is 29.4 Å². The van der Waals surface area contributed by atoms with Crippen LogP contribution in [0.4, 0.5) is 5.69 Å². The summed E-state index contributed by atoms with van der Waals surface area (Å²) in [5, 5.41) is 6.11. The lowest BCUT2D eigenvalue weighted by Gasteiger charge is -2.26. The minimum absolute atomic E-state index is 0.0595. The van der Waals surface area contributed by atoms with Gasteiger partial charge in [0.2, 0.25) is 0 Å². The van der Waals surface area contributed by atoms with Gasteiger partial charge >= 0.3 is 0 Å². The third-order valence-corrected chi connectivity index (χ3v) is 7.09. The van der Waals surface area contributed by atoms with Crippen LogP contribution in [0.2, 0.25) is 0 Å². The van der Waals surface area contributed by atoms with Crippen LogP contribution in [0.1, 0.15) is 84.6 Å². The fourth-order valence-electron chi connectivity index (χ4n) is 5.05. The van der Waals surface area contributed by atoms with Gasteiger partial charge in [0.15, 0.2) is 0 Å². The van der Waals surface area contributed by atoms with Crippen molar-refractivity contribution in [1.82, 2.24) is 10.2 Å². The molecular formula is C28H37N3O2. The summed E-state index contributed by atoms with van der Waals surface area (Å²) in [4.78, 5) is 27.8. The van der Waals surface area contributed by atoms with Crippen LogP contribution < -0.4 is 10.6 Å². The van der Waals surface area contributed by atoms with E-state index in [1.165, 1.54) is 44.2 Å². The van der Waals surface area contributed by atoms with Gasteiger partial charge in [0, 0.05) is 42.5 Å². The van der Waals surface area contributed by atoms with Gasteiger partial charge in [-0.2, -0.15) is 0 Å². The first-order valence-electron chi connectivity index (χ1n) is 12.5. The maximum absolute atomic E-state index is 12.7. The molecule has 1 aliphatic carbocycles. The maximum atomic E-state index is 12.7. The van der Waals surface area contributed by atoms with Crippen molar-refractivity contribution in [2.24, 2.45) is 5.92 Å². The number of rotatable bonds is 7. The minimum atomic E-state index is -0.173. The molecule has 0 aromatic heterocycles. The molecule has 2 amide bonds. The quantitative estimate of drug-likeness (QED) is 0.594. The molecule has 33 heavy (non-hydrogen) atoms. The normalized spacial score (nSPS) is 19.5. The van der Waals surface area contributed by atoms with Crippen LogP contribution in [0, 0.1) is 5.92 Å². The van der Waals surface area contributed by atoms with Crippen LogP contribution >= 0.6 is 0 Å². The van der Waals surface area contributed by atoms with Crippen LogP contribution in [0.25, 0.3) is 0 Å². The Morgan fingerprint density at radius 3 is 2.15 bits per heavy atom. The zero-order valence-corrected chi connectivity index (χ0v) is 20.0. The number of anilines is 1. The van der Waals surface area contributed by atoms with Crippen molar-refractivity contribution >= 4 is 17.5 Å². The van der Waals surface area contributed by atoms with Gasteiger partial charge in [-0.3, -0.25) is 9.59 Å². The molecule has 2 aliphatic rings. The van der Waals surface area contributed by atoms with Gasteiger partial charge in [-0.1, -0.05) is 45.2 Å². The van der Waals surface area contributed by atoms with Crippen LogP contribution in [0.15, 0.2) is 48.5 Å². The van der Waals surface area contributed by atoms with Gasteiger partial charge in [-0.25, -0.2) is 0 Å². The monoisotopic (exact) mass is 447 g/mol. The van der Waals surface area contributed by atoms with Crippen LogP contribution in [0.5, 0.6) is 0 Å². The van der Waals surface area contributed by atoms with Crippen LogP contribution in [0.3, 0.4) is 0 Å². The number of hydrogen-bond donors (Lipinski definition) is 2. The molecular weight excluding hydrogens is 410 g/mol. The summed E-state index contributed by atoms with van der Waals surface area (Å²) in [6.45, 7) is 7.48. The molecule has 2 fully saturated rings. The summed E-state index contributed by atoms with van der Waals surface area (Å²) in [5.74, 6) is 1.06. The van der Waals surface area contributed by atoms with E-state index in [0.29, 0.717) is 17.0 Å². The van der Waals surface area contributed by atoms with Gasteiger partial charge in [0.05, 0.1) is 0 Å². The Bertz CT molecular complexity index is 931. The van der Waals surface area contributed by atoms with Crippen molar-refractivity contribution in [1.29, 1.82) is 0 Å². The van der Waals surface area contributed by atoms with Crippen molar-refractivity contribution in [3.05, 3.63) is 65.2 Å². The molecule has 2 N–H and O–H groups in total. The zero-order valence-electron chi connectivity index (χ0n) is 20.0. The second-order valence-electron chi connectivity index (χ2n) is 10.0. The number of benzene rings is 2. The van der Waals surface area contributed by atoms with E-state index in [1.807, 2.05) is 24.3 Å². The average Bonchev–Trinajstić information content (AvgIpc) is 3.26. The van der Waals surface area contributed by atoms with Crippen LogP contribution in [-0.2, 0) is 0 Å². The van der Waals surface area contributed by atoms with Gasteiger partial charge < -0.3 is 15.5 Å². The second kappa shape index (κ2) is 11.0. The average molecular weight is 448 g/mol. The fraction of sp³-hybridized carbons (Fsp3) is 0.500. The first kappa shape index (κ1) is 23.5. The Balaban J connectivity index is 1.26. The first-order valence-corrected chi connectivity index (χ1v) is 12.5. The maximum Gasteiger partial charge on any atom is 0.255 e. The summed E-state index contributed by atoms with van der Waals surface area (Å²) >= 11 is 0. The summed E-state index contributed by atoms with van der Waals surface area (Å²) in [5.41, 5.74) is 3.14. The van der Waals surface area contributed by atoms with Crippen molar-refractivity contribution in [2.75, 3.05) is 25.0 Å². The smallest absolute Gasteiger partial charge is 0.255 e. The predicted octanol–water partition coefficient (Wildman–Crippen LogP) is 5.45. The summed E-state index contributed by atoms with van der Waals surface area (Å²) in [6.07, 6.45) is 7.86. The highest BCUT2D eigenvalue weighted by Gasteiger charge is 2.26. The Morgan fingerprint density at radius 1 is 0.879 bits per heavy atom. The van der Waals surface area contributed by atoms with E-state index in [9.17, 15) is 9.59 Å². The number of carbonyl (C=O) groups excluding carboxylic acids is 2. The van der Waals surface area contributed by atoms with Gasteiger partial charge in [-0.15, -0.1) is 0 Å². The lowest BCUT2D eigenvalue weighted by atomic mass is 9.89. The van der Waals surface area contributed by atoms with Crippen LogP contribution in [-0.4, -0.2) is 42.4 Å². The van der Waals surface area contributed by atoms with E-state index >= 15 is 0 Å². The molecule has 1 unspecified atom stereocenters. The number of nitrogens with one attached hydrogen (secondary N) is 2.